The van der Waals surface area contributed by atoms with Gasteiger partial charge in [0.2, 0.25) is 0 Å². The molecule has 0 bridgehead atoms. The van der Waals surface area contributed by atoms with Crippen LogP contribution in [0, 0.1) is 23.6 Å². The van der Waals surface area contributed by atoms with Crippen molar-refractivity contribution in [2.75, 3.05) is 0 Å². The third-order valence-electron chi connectivity index (χ3n) is 3.31. The van der Waals surface area contributed by atoms with Crippen molar-refractivity contribution in [2.45, 2.75) is 38.5 Å². The van der Waals surface area contributed by atoms with Gasteiger partial charge in [0.1, 0.15) is 0 Å². The summed E-state index contributed by atoms with van der Waals surface area (Å²) in [5.74, 6) is -0.0711. The molecule has 0 saturated heterocycles. The Hall–Kier alpha value is 0.184. The van der Waals surface area contributed by atoms with Crippen molar-refractivity contribution < 1.29 is 41.5 Å². The van der Waals surface area contributed by atoms with Crippen LogP contribution in [0.3, 0.4) is 0 Å². The molecule has 1 fully saturated rings. The zero-order valence-corrected chi connectivity index (χ0v) is 12.3. The van der Waals surface area contributed by atoms with Gasteiger partial charge in [-0.1, -0.05) is 19.8 Å². The molecule has 1 aromatic carbocycles. The fourth-order valence-corrected chi connectivity index (χ4v) is 2.35. The van der Waals surface area contributed by atoms with Crippen molar-refractivity contribution in [3.8, 4) is 0 Å². The summed E-state index contributed by atoms with van der Waals surface area (Å²) in [6.07, 6.45) is 4.41. The first-order valence-corrected chi connectivity index (χ1v) is 5.53. The van der Waals surface area contributed by atoms with Crippen LogP contribution in [0.15, 0.2) is 12.1 Å². The first-order valence-electron chi connectivity index (χ1n) is 5.53. The Morgan fingerprint density at radius 3 is 2.06 bits per heavy atom. The van der Waals surface area contributed by atoms with E-state index in [1.807, 2.05) is 6.07 Å². The molecule has 0 heterocycles. The Morgan fingerprint density at radius 1 is 1.06 bits per heavy atom. The zero-order valence-electron chi connectivity index (χ0n) is 9.47. The third-order valence-corrected chi connectivity index (χ3v) is 3.31. The second kappa shape index (κ2) is 6.21. The molecule has 1 aromatic rings. The van der Waals surface area contributed by atoms with Crippen molar-refractivity contribution in [1.29, 1.82) is 0 Å². The van der Waals surface area contributed by atoms with Crippen LogP contribution in [-0.4, -0.2) is 0 Å². The van der Waals surface area contributed by atoms with Gasteiger partial charge in [-0.05, 0) is 24.7 Å². The van der Waals surface area contributed by atoms with Gasteiger partial charge in [-0.15, -0.1) is 23.8 Å². The molecule has 0 radical (unpaired) electrons. The molecule has 82 valence electrons. The molecular formula is C13H15F2Y+2. The van der Waals surface area contributed by atoms with E-state index in [9.17, 15) is 8.78 Å². The van der Waals surface area contributed by atoms with Crippen LogP contribution in [0.2, 0.25) is 0 Å². The number of halogens is 2. The molecule has 16 heavy (non-hydrogen) atoms. The molecule has 1 aliphatic rings. The summed E-state index contributed by atoms with van der Waals surface area (Å²) in [6, 6.07) is 4.87. The van der Waals surface area contributed by atoms with E-state index in [1.54, 1.807) is 0 Å². The predicted octanol–water partition coefficient (Wildman–Crippen LogP) is 4.06. The van der Waals surface area contributed by atoms with Gasteiger partial charge in [0.25, 0.3) is 0 Å². The minimum absolute atomic E-state index is 0. The van der Waals surface area contributed by atoms with Crippen LogP contribution in [-0.2, 0) is 32.7 Å². The maximum Gasteiger partial charge on any atom is 3.00 e. The van der Waals surface area contributed by atoms with Gasteiger partial charge in [-0.2, -0.15) is 0 Å². The largest absolute Gasteiger partial charge is 3.00 e. The SMILES string of the molecule is CC1CCC(c2cc(F)[c-]c(F)c2)CC1.[Y+3]. The van der Waals surface area contributed by atoms with Crippen LogP contribution in [0.4, 0.5) is 8.78 Å². The fourth-order valence-electron chi connectivity index (χ4n) is 2.35. The Labute approximate surface area is 121 Å². The number of hydrogen-bond donors (Lipinski definition) is 0. The van der Waals surface area contributed by atoms with Crippen molar-refractivity contribution in [1.82, 2.24) is 0 Å². The van der Waals surface area contributed by atoms with E-state index in [2.05, 4.69) is 6.92 Å². The Morgan fingerprint density at radius 2 is 1.56 bits per heavy atom. The molecule has 0 aromatic heterocycles. The van der Waals surface area contributed by atoms with E-state index in [4.69, 9.17) is 0 Å². The Bertz CT molecular complexity index is 324. The van der Waals surface area contributed by atoms with Gasteiger partial charge < -0.3 is 0 Å². The molecule has 1 saturated carbocycles. The van der Waals surface area contributed by atoms with Crippen molar-refractivity contribution in [3.63, 3.8) is 0 Å². The summed E-state index contributed by atoms with van der Waals surface area (Å²) < 4.78 is 25.9. The summed E-state index contributed by atoms with van der Waals surface area (Å²) in [5, 5.41) is 0. The van der Waals surface area contributed by atoms with Crippen molar-refractivity contribution in [3.05, 3.63) is 35.4 Å². The monoisotopic (exact) mass is 298 g/mol. The minimum Gasteiger partial charge on any atom is -0.236 e. The van der Waals surface area contributed by atoms with Gasteiger partial charge >= 0.3 is 32.7 Å². The fraction of sp³-hybridized carbons (Fsp3) is 0.538. The smallest absolute Gasteiger partial charge is 0.236 e. The minimum atomic E-state index is -0.580. The standard InChI is InChI=1S/C13H15F2.Y/c1-9-2-4-10(5-3-9)11-6-12(14)8-13(15)7-11;/h6-7,9-10H,2-5H2,1H3;/q-1;+3. The molecule has 0 aliphatic heterocycles. The first kappa shape index (κ1) is 14.2. The van der Waals surface area contributed by atoms with E-state index in [0.717, 1.165) is 37.2 Å². The first-order chi connectivity index (χ1) is 7.15. The molecule has 0 unspecified atom stereocenters. The summed E-state index contributed by atoms with van der Waals surface area (Å²) >= 11 is 0. The molecule has 0 spiro atoms. The van der Waals surface area contributed by atoms with E-state index in [0.29, 0.717) is 5.92 Å². The normalized spacial score (nSPS) is 24.9. The number of hydrogen-bond acceptors (Lipinski definition) is 0. The summed E-state index contributed by atoms with van der Waals surface area (Å²) in [6.45, 7) is 2.23. The van der Waals surface area contributed by atoms with Gasteiger partial charge in [0.05, 0.1) is 0 Å². The van der Waals surface area contributed by atoms with E-state index < -0.39 is 11.6 Å². The molecule has 0 atom stereocenters. The second-order valence-corrected chi connectivity index (χ2v) is 4.57. The second-order valence-electron chi connectivity index (χ2n) is 4.57. The average molecular weight is 298 g/mol. The zero-order chi connectivity index (χ0) is 10.8. The molecule has 0 amide bonds. The summed E-state index contributed by atoms with van der Waals surface area (Å²) in [4.78, 5) is 0. The van der Waals surface area contributed by atoms with E-state index in [-0.39, 0.29) is 32.7 Å². The summed E-state index contributed by atoms with van der Waals surface area (Å²) in [5.41, 5.74) is 0.802. The van der Waals surface area contributed by atoms with Crippen LogP contribution in [0.1, 0.15) is 44.1 Å². The van der Waals surface area contributed by atoms with Gasteiger partial charge in [0.15, 0.2) is 0 Å². The van der Waals surface area contributed by atoms with Crippen molar-refractivity contribution in [2.24, 2.45) is 5.92 Å². The van der Waals surface area contributed by atoms with E-state index >= 15 is 0 Å². The summed E-state index contributed by atoms with van der Waals surface area (Å²) in [7, 11) is 0. The molecular weight excluding hydrogens is 283 g/mol. The van der Waals surface area contributed by atoms with Gasteiger partial charge in [-0.3, -0.25) is 0 Å². The number of benzene rings is 1. The predicted molar refractivity (Wildman–Crippen MR) is 55.6 cm³/mol. The topological polar surface area (TPSA) is 0 Å². The number of rotatable bonds is 1. The van der Waals surface area contributed by atoms with Crippen LogP contribution < -0.4 is 0 Å². The maximum atomic E-state index is 13.0. The molecule has 0 nitrogen and oxygen atoms in total. The van der Waals surface area contributed by atoms with Crippen molar-refractivity contribution >= 4 is 0 Å². The van der Waals surface area contributed by atoms with Crippen LogP contribution in [0.25, 0.3) is 0 Å². The van der Waals surface area contributed by atoms with Crippen LogP contribution >= 0.6 is 0 Å². The van der Waals surface area contributed by atoms with Gasteiger partial charge in [0, 0.05) is 11.6 Å². The van der Waals surface area contributed by atoms with Gasteiger partial charge in [-0.25, -0.2) is 8.78 Å². The molecule has 2 rings (SSSR count). The molecule has 1 aliphatic carbocycles. The quantitative estimate of drug-likeness (QED) is 0.686. The molecule has 0 N–H and O–H groups in total. The third kappa shape index (κ3) is 3.60. The molecule has 3 heteroatoms. The Kier molecular flexibility index (Phi) is 5.53. The maximum absolute atomic E-state index is 13.0. The van der Waals surface area contributed by atoms with Crippen LogP contribution in [0.5, 0.6) is 0 Å². The van der Waals surface area contributed by atoms with E-state index in [1.165, 1.54) is 12.1 Å². The average Bonchev–Trinajstić information content (AvgIpc) is 2.17. The Balaban J connectivity index is 0.00000128.